The molecule has 0 bridgehead atoms. The van der Waals surface area contributed by atoms with Crippen LogP contribution < -0.4 is 0 Å². The Morgan fingerprint density at radius 2 is 2.07 bits per heavy atom. The molecule has 4 heteroatoms. The van der Waals surface area contributed by atoms with E-state index in [0.717, 1.165) is 10.0 Å². The van der Waals surface area contributed by atoms with Gasteiger partial charge in [-0.15, -0.1) is 0 Å². The third kappa shape index (κ3) is 3.22. The Bertz CT molecular complexity index is 429. The molecule has 0 N–H and O–H groups in total. The van der Waals surface area contributed by atoms with Crippen LogP contribution in [0.1, 0.15) is 5.56 Å². The molecule has 0 spiro atoms. The fraction of sp³-hybridized carbons (Fsp3) is 0.0909. The molecule has 0 saturated carbocycles. The minimum absolute atomic E-state index is 0.0141. The summed E-state index contributed by atoms with van der Waals surface area (Å²) in [4.78, 5) is 11.1. The normalized spacial score (nSPS) is 10.6. The summed E-state index contributed by atoms with van der Waals surface area (Å²) in [6, 6.07) is 9.05. The molecule has 0 fully saturated rings. The first-order chi connectivity index (χ1) is 7.17. The van der Waals surface area contributed by atoms with Crippen LogP contribution in [0.25, 0.3) is 6.08 Å². The van der Waals surface area contributed by atoms with Crippen molar-refractivity contribution in [2.45, 2.75) is 0 Å². The molecular formula is C11H8BrNO2. The summed E-state index contributed by atoms with van der Waals surface area (Å²) in [5.74, 6) is -0.625. The number of hydrogen-bond donors (Lipinski definition) is 0. The van der Waals surface area contributed by atoms with Crippen molar-refractivity contribution in [1.82, 2.24) is 0 Å². The number of methoxy groups -OCH3 is 1. The van der Waals surface area contributed by atoms with E-state index in [0.29, 0.717) is 0 Å². The van der Waals surface area contributed by atoms with E-state index in [4.69, 9.17) is 5.26 Å². The molecular weight excluding hydrogens is 258 g/mol. The highest BCUT2D eigenvalue weighted by molar-refractivity contribution is 9.10. The topological polar surface area (TPSA) is 50.1 Å². The van der Waals surface area contributed by atoms with Gasteiger partial charge in [0.05, 0.1) is 7.11 Å². The third-order valence-corrected chi connectivity index (χ3v) is 2.24. The number of nitrogens with zero attached hydrogens (tertiary/aromatic N) is 1. The second-order valence-corrected chi connectivity index (χ2v) is 3.63. The number of carbonyl (C=O) groups is 1. The molecule has 0 atom stereocenters. The predicted octanol–water partition coefficient (Wildman–Crippen LogP) is 2.53. The van der Waals surface area contributed by atoms with Gasteiger partial charge in [0.2, 0.25) is 0 Å². The molecule has 0 aliphatic heterocycles. The number of nitriles is 1. The van der Waals surface area contributed by atoms with E-state index in [9.17, 15) is 4.79 Å². The van der Waals surface area contributed by atoms with E-state index < -0.39 is 5.97 Å². The molecule has 0 aliphatic rings. The number of carbonyl (C=O) groups excluding carboxylic acids is 1. The zero-order valence-electron chi connectivity index (χ0n) is 8.03. The van der Waals surface area contributed by atoms with Gasteiger partial charge in [0, 0.05) is 4.47 Å². The van der Waals surface area contributed by atoms with Crippen LogP contribution in [0, 0.1) is 11.3 Å². The summed E-state index contributed by atoms with van der Waals surface area (Å²) in [7, 11) is 1.25. The molecule has 76 valence electrons. The second-order valence-electron chi connectivity index (χ2n) is 2.71. The molecule has 0 unspecified atom stereocenters. The van der Waals surface area contributed by atoms with Crippen LogP contribution in [-0.4, -0.2) is 13.1 Å². The standard InChI is InChI=1S/C11H8BrNO2/c1-15-11(14)9(7-13)6-8-2-4-10(12)5-3-8/h2-6H,1H3/b9-6-. The number of esters is 1. The van der Waals surface area contributed by atoms with Crippen molar-refractivity contribution in [3.63, 3.8) is 0 Å². The summed E-state index contributed by atoms with van der Waals surface area (Å²) < 4.78 is 5.40. The zero-order chi connectivity index (χ0) is 11.3. The SMILES string of the molecule is COC(=O)/C(C#N)=C\c1ccc(Br)cc1. The first kappa shape index (κ1) is 11.5. The number of benzene rings is 1. The van der Waals surface area contributed by atoms with Crippen LogP contribution in [0.2, 0.25) is 0 Å². The van der Waals surface area contributed by atoms with Gasteiger partial charge in [-0.2, -0.15) is 5.26 Å². The molecule has 3 nitrogen and oxygen atoms in total. The van der Waals surface area contributed by atoms with Crippen molar-refractivity contribution < 1.29 is 9.53 Å². The van der Waals surface area contributed by atoms with Gasteiger partial charge in [-0.1, -0.05) is 28.1 Å². The lowest BCUT2D eigenvalue weighted by Gasteiger charge is -1.97. The van der Waals surface area contributed by atoms with Gasteiger partial charge in [0.15, 0.2) is 0 Å². The molecule has 15 heavy (non-hydrogen) atoms. The predicted molar refractivity (Wildman–Crippen MR) is 59.7 cm³/mol. The number of halogens is 1. The largest absolute Gasteiger partial charge is 0.465 e. The van der Waals surface area contributed by atoms with Crippen molar-refractivity contribution >= 4 is 28.0 Å². The zero-order valence-corrected chi connectivity index (χ0v) is 9.61. The first-order valence-corrected chi connectivity index (χ1v) is 4.92. The maximum Gasteiger partial charge on any atom is 0.348 e. The summed E-state index contributed by atoms with van der Waals surface area (Å²) >= 11 is 3.29. The molecule has 0 aliphatic carbocycles. The Labute approximate surface area is 96.1 Å². The molecule has 0 radical (unpaired) electrons. The van der Waals surface area contributed by atoms with E-state index in [-0.39, 0.29) is 5.57 Å². The highest BCUT2D eigenvalue weighted by Crippen LogP contribution is 2.13. The molecule has 0 aromatic heterocycles. The van der Waals surface area contributed by atoms with E-state index in [1.54, 1.807) is 18.2 Å². The lowest BCUT2D eigenvalue weighted by molar-refractivity contribution is -0.135. The van der Waals surface area contributed by atoms with Crippen LogP contribution in [0.15, 0.2) is 34.3 Å². The van der Waals surface area contributed by atoms with Crippen molar-refractivity contribution in [2.24, 2.45) is 0 Å². The van der Waals surface area contributed by atoms with Crippen molar-refractivity contribution in [1.29, 1.82) is 5.26 Å². The maximum absolute atomic E-state index is 11.1. The lowest BCUT2D eigenvalue weighted by Crippen LogP contribution is -2.02. The molecule has 1 aromatic carbocycles. The first-order valence-electron chi connectivity index (χ1n) is 4.13. The average Bonchev–Trinajstić information content (AvgIpc) is 2.27. The summed E-state index contributed by atoms with van der Waals surface area (Å²) in [5.41, 5.74) is 0.764. The molecule has 0 heterocycles. The van der Waals surface area contributed by atoms with Crippen LogP contribution in [0.5, 0.6) is 0 Å². The smallest absolute Gasteiger partial charge is 0.348 e. The number of ether oxygens (including phenoxy) is 1. The Balaban J connectivity index is 3.00. The summed E-state index contributed by atoms with van der Waals surface area (Å²) in [6.45, 7) is 0. The van der Waals surface area contributed by atoms with Crippen LogP contribution in [0.3, 0.4) is 0 Å². The van der Waals surface area contributed by atoms with E-state index in [2.05, 4.69) is 20.7 Å². The Morgan fingerprint density at radius 3 is 2.53 bits per heavy atom. The van der Waals surface area contributed by atoms with E-state index in [1.165, 1.54) is 13.2 Å². The Hall–Kier alpha value is -1.60. The quantitative estimate of drug-likeness (QED) is 0.469. The van der Waals surface area contributed by atoms with E-state index >= 15 is 0 Å². The molecule has 0 saturated heterocycles. The van der Waals surface area contributed by atoms with Crippen molar-refractivity contribution in [3.05, 3.63) is 39.9 Å². The van der Waals surface area contributed by atoms with Gasteiger partial charge < -0.3 is 4.74 Å². The maximum atomic E-state index is 11.1. The monoisotopic (exact) mass is 265 g/mol. The Kier molecular flexibility index (Phi) is 4.07. The molecule has 1 rings (SSSR count). The average molecular weight is 266 g/mol. The minimum Gasteiger partial charge on any atom is -0.465 e. The fourth-order valence-electron chi connectivity index (χ4n) is 0.972. The number of hydrogen-bond acceptors (Lipinski definition) is 3. The third-order valence-electron chi connectivity index (χ3n) is 1.71. The highest BCUT2D eigenvalue weighted by Gasteiger charge is 2.07. The Morgan fingerprint density at radius 1 is 1.47 bits per heavy atom. The van der Waals surface area contributed by atoms with Gasteiger partial charge in [-0.3, -0.25) is 0 Å². The number of rotatable bonds is 2. The van der Waals surface area contributed by atoms with Crippen LogP contribution in [0.4, 0.5) is 0 Å². The summed E-state index contributed by atoms with van der Waals surface area (Å²) in [5, 5.41) is 8.72. The lowest BCUT2D eigenvalue weighted by atomic mass is 10.1. The van der Waals surface area contributed by atoms with Gasteiger partial charge in [-0.25, -0.2) is 4.79 Å². The van der Waals surface area contributed by atoms with Crippen LogP contribution in [-0.2, 0) is 9.53 Å². The fourth-order valence-corrected chi connectivity index (χ4v) is 1.24. The highest BCUT2D eigenvalue weighted by atomic mass is 79.9. The molecule has 1 aromatic rings. The van der Waals surface area contributed by atoms with Gasteiger partial charge in [0.25, 0.3) is 0 Å². The minimum atomic E-state index is -0.625. The van der Waals surface area contributed by atoms with Gasteiger partial charge in [-0.05, 0) is 23.8 Å². The van der Waals surface area contributed by atoms with Gasteiger partial charge >= 0.3 is 5.97 Å². The van der Waals surface area contributed by atoms with E-state index in [1.807, 2.05) is 12.1 Å². The molecule has 0 amide bonds. The van der Waals surface area contributed by atoms with Crippen molar-refractivity contribution in [3.8, 4) is 6.07 Å². The van der Waals surface area contributed by atoms with Crippen LogP contribution >= 0.6 is 15.9 Å². The van der Waals surface area contributed by atoms with Gasteiger partial charge in [0.1, 0.15) is 11.6 Å². The second kappa shape index (κ2) is 5.32. The summed E-state index contributed by atoms with van der Waals surface area (Å²) in [6.07, 6.45) is 1.48. The van der Waals surface area contributed by atoms with Crippen molar-refractivity contribution in [2.75, 3.05) is 7.11 Å².